The van der Waals surface area contributed by atoms with Gasteiger partial charge in [0.05, 0.1) is 0 Å². The van der Waals surface area contributed by atoms with E-state index in [4.69, 9.17) is 0 Å². The van der Waals surface area contributed by atoms with E-state index in [1.165, 1.54) is 0 Å². The summed E-state index contributed by atoms with van der Waals surface area (Å²) < 4.78 is 27.3. The molecule has 0 aliphatic carbocycles. The molecule has 2 fully saturated rings. The highest BCUT2D eigenvalue weighted by atomic mass is 19.2. The number of pyridine rings is 1. The molecule has 1 aromatic carbocycles. The molecule has 3 heterocycles. The number of halogens is 2. The molecule has 1 amide bonds. The Kier molecular flexibility index (Phi) is 5.67. The molecule has 0 bridgehead atoms. The van der Waals surface area contributed by atoms with Crippen LogP contribution in [0.25, 0.3) is 0 Å². The SMILES string of the molecule is O=C(c1ccncc1)N1CC[C@H](C2CCN(Cc3cccc(F)c3F)CC2)C1. The lowest BCUT2D eigenvalue weighted by atomic mass is 9.83. The van der Waals surface area contributed by atoms with E-state index >= 15 is 0 Å². The van der Waals surface area contributed by atoms with Gasteiger partial charge in [-0.25, -0.2) is 8.78 Å². The summed E-state index contributed by atoms with van der Waals surface area (Å²) in [5.74, 6) is -0.311. The van der Waals surface area contributed by atoms with Gasteiger partial charge in [-0.1, -0.05) is 12.1 Å². The van der Waals surface area contributed by atoms with Gasteiger partial charge in [0, 0.05) is 43.2 Å². The summed E-state index contributed by atoms with van der Waals surface area (Å²) in [6.07, 6.45) is 6.42. The van der Waals surface area contributed by atoms with E-state index < -0.39 is 11.6 Å². The number of aromatic nitrogens is 1. The third-order valence-electron chi connectivity index (χ3n) is 6.16. The van der Waals surface area contributed by atoms with E-state index in [0.717, 1.165) is 51.5 Å². The maximum absolute atomic E-state index is 13.9. The van der Waals surface area contributed by atoms with Gasteiger partial charge in [0.2, 0.25) is 0 Å². The molecule has 0 spiro atoms. The normalized spacial score (nSPS) is 21.2. The van der Waals surface area contributed by atoms with Crippen molar-refractivity contribution in [2.45, 2.75) is 25.8 Å². The van der Waals surface area contributed by atoms with Gasteiger partial charge >= 0.3 is 0 Å². The maximum atomic E-state index is 13.9. The van der Waals surface area contributed by atoms with Crippen molar-refractivity contribution in [3.8, 4) is 0 Å². The van der Waals surface area contributed by atoms with Gasteiger partial charge in [-0.3, -0.25) is 14.7 Å². The molecule has 0 radical (unpaired) electrons. The van der Waals surface area contributed by atoms with Gasteiger partial charge in [0.15, 0.2) is 11.6 Å². The van der Waals surface area contributed by atoms with E-state index in [9.17, 15) is 13.6 Å². The van der Waals surface area contributed by atoms with Crippen molar-refractivity contribution in [3.63, 3.8) is 0 Å². The van der Waals surface area contributed by atoms with Crippen LogP contribution in [-0.4, -0.2) is 46.9 Å². The minimum Gasteiger partial charge on any atom is -0.338 e. The lowest BCUT2D eigenvalue weighted by Crippen LogP contribution is -2.37. The highest BCUT2D eigenvalue weighted by Gasteiger charge is 2.34. The molecule has 2 saturated heterocycles. The number of hydrogen-bond acceptors (Lipinski definition) is 3. The van der Waals surface area contributed by atoms with Crippen LogP contribution < -0.4 is 0 Å². The number of amides is 1. The predicted molar refractivity (Wildman–Crippen MR) is 103 cm³/mol. The van der Waals surface area contributed by atoms with E-state index in [1.807, 2.05) is 4.90 Å². The summed E-state index contributed by atoms with van der Waals surface area (Å²) >= 11 is 0. The number of likely N-dealkylation sites (tertiary alicyclic amines) is 2. The largest absolute Gasteiger partial charge is 0.338 e. The smallest absolute Gasteiger partial charge is 0.253 e. The summed E-state index contributed by atoms with van der Waals surface area (Å²) in [7, 11) is 0. The fourth-order valence-electron chi connectivity index (χ4n) is 4.53. The van der Waals surface area contributed by atoms with Gasteiger partial charge < -0.3 is 4.90 Å². The zero-order valence-corrected chi connectivity index (χ0v) is 15.9. The third kappa shape index (κ3) is 4.07. The second-order valence-corrected chi connectivity index (χ2v) is 7.86. The first-order valence-corrected chi connectivity index (χ1v) is 9.96. The van der Waals surface area contributed by atoms with Crippen molar-refractivity contribution in [2.75, 3.05) is 26.2 Å². The topological polar surface area (TPSA) is 36.4 Å². The zero-order chi connectivity index (χ0) is 19.5. The van der Waals surface area contributed by atoms with Crippen LogP contribution >= 0.6 is 0 Å². The number of rotatable bonds is 4. The molecule has 4 rings (SSSR count). The molecular weight excluding hydrogens is 360 g/mol. The van der Waals surface area contributed by atoms with E-state index in [-0.39, 0.29) is 5.91 Å². The first-order valence-electron chi connectivity index (χ1n) is 9.96. The fraction of sp³-hybridized carbons (Fsp3) is 0.455. The summed E-state index contributed by atoms with van der Waals surface area (Å²) in [4.78, 5) is 20.7. The molecule has 4 nitrogen and oxygen atoms in total. The van der Waals surface area contributed by atoms with Crippen molar-refractivity contribution in [2.24, 2.45) is 11.8 Å². The van der Waals surface area contributed by atoms with E-state index in [1.54, 1.807) is 36.7 Å². The molecule has 2 aliphatic heterocycles. The number of benzene rings is 1. The number of piperidine rings is 1. The highest BCUT2D eigenvalue weighted by molar-refractivity contribution is 5.94. The van der Waals surface area contributed by atoms with Gasteiger partial charge in [-0.2, -0.15) is 0 Å². The quantitative estimate of drug-likeness (QED) is 0.805. The third-order valence-corrected chi connectivity index (χ3v) is 6.16. The molecule has 2 aromatic rings. The number of carbonyl (C=O) groups excluding carboxylic acids is 1. The van der Waals surface area contributed by atoms with Gasteiger partial charge in [-0.15, -0.1) is 0 Å². The Labute approximate surface area is 164 Å². The maximum Gasteiger partial charge on any atom is 0.253 e. The minimum absolute atomic E-state index is 0.0870. The molecule has 0 N–H and O–H groups in total. The number of nitrogens with zero attached hydrogens (tertiary/aromatic N) is 3. The molecule has 0 saturated carbocycles. The first kappa shape index (κ1) is 19.0. The van der Waals surface area contributed by atoms with Crippen LogP contribution in [0, 0.1) is 23.5 Å². The summed E-state index contributed by atoms with van der Waals surface area (Å²) in [6, 6.07) is 7.90. The van der Waals surface area contributed by atoms with Crippen molar-refractivity contribution in [3.05, 3.63) is 65.5 Å². The average Bonchev–Trinajstić information content (AvgIpc) is 3.22. The minimum atomic E-state index is -0.780. The molecule has 0 unspecified atom stereocenters. The fourth-order valence-corrected chi connectivity index (χ4v) is 4.53. The number of carbonyl (C=O) groups is 1. The lowest BCUT2D eigenvalue weighted by molar-refractivity contribution is 0.0772. The highest BCUT2D eigenvalue weighted by Crippen LogP contribution is 2.33. The summed E-state index contributed by atoms with van der Waals surface area (Å²) in [5, 5.41) is 0. The van der Waals surface area contributed by atoms with E-state index in [2.05, 4.69) is 9.88 Å². The Morgan fingerprint density at radius 1 is 1.00 bits per heavy atom. The zero-order valence-electron chi connectivity index (χ0n) is 15.9. The Bertz CT molecular complexity index is 822. The van der Waals surface area contributed by atoms with Crippen molar-refractivity contribution >= 4 is 5.91 Å². The first-order chi connectivity index (χ1) is 13.6. The molecule has 6 heteroatoms. The van der Waals surface area contributed by atoms with Crippen LogP contribution in [0.5, 0.6) is 0 Å². The molecular formula is C22H25F2N3O. The predicted octanol–water partition coefficient (Wildman–Crippen LogP) is 3.73. The number of hydrogen-bond donors (Lipinski definition) is 0. The Morgan fingerprint density at radius 2 is 1.71 bits per heavy atom. The monoisotopic (exact) mass is 385 g/mol. The Hall–Kier alpha value is -2.34. The van der Waals surface area contributed by atoms with Crippen LogP contribution in [0.1, 0.15) is 35.2 Å². The van der Waals surface area contributed by atoms with Crippen LogP contribution in [-0.2, 0) is 6.54 Å². The van der Waals surface area contributed by atoms with Gasteiger partial charge in [0.1, 0.15) is 0 Å². The second kappa shape index (κ2) is 8.35. The summed E-state index contributed by atoms with van der Waals surface area (Å²) in [5.41, 5.74) is 1.12. The summed E-state index contributed by atoms with van der Waals surface area (Å²) in [6.45, 7) is 3.84. The van der Waals surface area contributed by atoms with Crippen LogP contribution in [0.2, 0.25) is 0 Å². The lowest BCUT2D eigenvalue weighted by Gasteiger charge is -2.35. The van der Waals surface area contributed by atoms with Crippen LogP contribution in [0.3, 0.4) is 0 Å². The Morgan fingerprint density at radius 3 is 2.46 bits per heavy atom. The Balaban J connectivity index is 1.29. The second-order valence-electron chi connectivity index (χ2n) is 7.86. The van der Waals surface area contributed by atoms with Crippen molar-refractivity contribution < 1.29 is 13.6 Å². The van der Waals surface area contributed by atoms with Crippen molar-refractivity contribution in [1.29, 1.82) is 0 Å². The van der Waals surface area contributed by atoms with Gasteiger partial charge in [-0.05, 0) is 62.4 Å². The van der Waals surface area contributed by atoms with Crippen LogP contribution in [0.4, 0.5) is 8.78 Å². The van der Waals surface area contributed by atoms with Crippen molar-refractivity contribution in [1.82, 2.24) is 14.8 Å². The molecule has 1 aromatic heterocycles. The molecule has 1 atom stereocenters. The molecule has 28 heavy (non-hydrogen) atoms. The average molecular weight is 385 g/mol. The molecule has 2 aliphatic rings. The van der Waals surface area contributed by atoms with Gasteiger partial charge in [0.25, 0.3) is 5.91 Å². The van der Waals surface area contributed by atoms with Crippen LogP contribution in [0.15, 0.2) is 42.7 Å². The molecule has 148 valence electrons. The van der Waals surface area contributed by atoms with E-state index in [0.29, 0.717) is 29.5 Å². The standard InChI is InChI=1S/C22H25F2N3O/c23-20-3-1-2-19(21(20)24)14-26-11-6-16(7-12-26)18-8-13-27(15-18)22(28)17-4-9-25-10-5-17/h1-5,9-10,16,18H,6-8,11-15H2/t18-/m0/s1.